The number of hydrogen-bond donors (Lipinski definition) is 0. The number of halogens is 4. The molecule has 0 spiro atoms. The highest BCUT2D eigenvalue weighted by atomic mass is 35.5. The Bertz CT molecular complexity index is 349. The first-order valence-electron chi connectivity index (χ1n) is 3.43. The summed E-state index contributed by atoms with van der Waals surface area (Å²) in [5, 5.41) is -0.0817. The number of carbonyl (C=O) groups excluding carboxylic acids is 1. The molecule has 0 aromatic heterocycles. The van der Waals surface area contributed by atoms with Crippen LogP contribution in [0.1, 0.15) is 10.4 Å². The maximum Gasteiger partial charge on any atom is 0.573 e. The Morgan fingerprint density at radius 2 is 2.00 bits per heavy atom. The van der Waals surface area contributed by atoms with E-state index in [-0.39, 0.29) is 10.6 Å². The smallest absolute Gasteiger partial charge is 0.406 e. The molecule has 0 saturated heterocycles. The van der Waals surface area contributed by atoms with Crippen molar-refractivity contribution in [1.29, 1.82) is 0 Å². The van der Waals surface area contributed by atoms with Crippen molar-refractivity contribution in [1.82, 2.24) is 0 Å². The zero-order chi connectivity index (χ0) is 10.8. The zero-order valence-electron chi connectivity index (χ0n) is 6.64. The minimum absolute atomic E-state index is 0.0817. The van der Waals surface area contributed by atoms with Crippen molar-refractivity contribution in [3.05, 3.63) is 28.8 Å². The van der Waals surface area contributed by atoms with E-state index in [1.807, 2.05) is 0 Å². The van der Waals surface area contributed by atoms with Crippen molar-refractivity contribution in [3.63, 3.8) is 0 Å². The quantitative estimate of drug-likeness (QED) is 0.722. The van der Waals surface area contributed by atoms with Crippen LogP contribution in [0.2, 0.25) is 5.02 Å². The summed E-state index contributed by atoms with van der Waals surface area (Å²) in [6.45, 7) is 0. The summed E-state index contributed by atoms with van der Waals surface area (Å²) >= 11 is 5.48. The Balaban J connectivity index is 2.92. The van der Waals surface area contributed by atoms with Crippen LogP contribution in [0.15, 0.2) is 18.2 Å². The predicted molar refractivity (Wildman–Crippen MR) is 43.5 cm³/mol. The lowest BCUT2D eigenvalue weighted by molar-refractivity contribution is -0.274. The van der Waals surface area contributed by atoms with Gasteiger partial charge in [0.05, 0.1) is 5.02 Å². The van der Waals surface area contributed by atoms with Gasteiger partial charge in [0.15, 0.2) is 6.29 Å². The van der Waals surface area contributed by atoms with Crippen LogP contribution in [-0.4, -0.2) is 12.6 Å². The molecule has 1 aromatic rings. The van der Waals surface area contributed by atoms with E-state index >= 15 is 0 Å². The summed E-state index contributed by atoms with van der Waals surface area (Å²) < 4.78 is 38.7. The lowest BCUT2D eigenvalue weighted by Crippen LogP contribution is -2.17. The lowest BCUT2D eigenvalue weighted by Gasteiger charge is -2.08. The Morgan fingerprint density at radius 1 is 1.36 bits per heavy atom. The first kappa shape index (κ1) is 10.8. The zero-order valence-corrected chi connectivity index (χ0v) is 7.39. The van der Waals surface area contributed by atoms with Gasteiger partial charge in [-0.15, -0.1) is 13.2 Å². The van der Waals surface area contributed by atoms with Crippen molar-refractivity contribution < 1.29 is 22.7 Å². The molecule has 1 rings (SSSR count). The average molecular weight is 225 g/mol. The Hall–Kier alpha value is -1.23. The summed E-state index contributed by atoms with van der Waals surface area (Å²) in [6, 6.07) is 3.10. The second-order valence-electron chi connectivity index (χ2n) is 2.35. The van der Waals surface area contributed by atoms with E-state index in [9.17, 15) is 18.0 Å². The normalized spacial score (nSPS) is 11.1. The molecule has 2 nitrogen and oxygen atoms in total. The Labute approximate surface area is 82.2 Å². The molecule has 0 bridgehead atoms. The average Bonchev–Trinajstić information content (AvgIpc) is 2.01. The Morgan fingerprint density at radius 3 is 2.43 bits per heavy atom. The number of benzene rings is 1. The van der Waals surface area contributed by atoms with E-state index in [0.717, 1.165) is 18.2 Å². The van der Waals surface area contributed by atoms with Gasteiger partial charge in [0.2, 0.25) is 0 Å². The number of rotatable bonds is 2. The number of alkyl halides is 3. The molecule has 1 aromatic carbocycles. The molecule has 0 aliphatic heterocycles. The van der Waals surface area contributed by atoms with E-state index in [2.05, 4.69) is 4.74 Å². The molecular formula is C8H4ClF3O2. The van der Waals surface area contributed by atoms with E-state index in [1.54, 1.807) is 0 Å². The summed E-state index contributed by atoms with van der Waals surface area (Å²) in [4.78, 5) is 10.3. The molecule has 0 atom stereocenters. The van der Waals surface area contributed by atoms with Gasteiger partial charge in [0, 0.05) is 5.56 Å². The monoisotopic (exact) mass is 224 g/mol. The third kappa shape index (κ3) is 2.92. The topological polar surface area (TPSA) is 26.3 Å². The number of aldehydes is 1. The molecule has 14 heavy (non-hydrogen) atoms. The van der Waals surface area contributed by atoms with Crippen LogP contribution in [0.3, 0.4) is 0 Å². The molecular weight excluding hydrogens is 221 g/mol. The van der Waals surface area contributed by atoms with Gasteiger partial charge in [-0.05, 0) is 18.2 Å². The molecule has 0 heterocycles. The maximum atomic E-state index is 11.7. The fraction of sp³-hybridized carbons (Fsp3) is 0.125. The van der Waals surface area contributed by atoms with Crippen molar-refractivity contribution in [2.24, 2.45) is 0 Å². The number of hydrogen-bond acceptors (Lipinski definition) is 2. The molecule has 0 amide bonds. The molecule has 0 saturated carbocycles. The fourth-order valence-electron chi connectivity index (χ4n) is 0.801. The maximum absolute atomic E-state index is 11.7. The van der Waals surface area contributed by atoms with Crippen molar-refractivity contribution in [2.45, 2.75) is 6.36 Å². The molecule has 0 fully saturated rings. The summed E-state index contributed by atoms with van der Waals surface area (Å²) in [7, 11) is 0. The summed E-state index contributed by atoms with van der Waals surface area (Å²) in [5.74, 6) is -0.451. The van der Waals surface area contributed by atoms with Gasteiger partial charge in [-0.1, -0.05) is 11.6 Å². The van der Waals surface area contributed by atoms with Crippen LogP contribution in [0.5, 0.6) is 5.75 Å². The fourth-order valence-corrected chi connectivity index (χ4v) is 1.02. The number of carbonyl (C=O) groups is 1. The molecule has 0 unspecified atom stereocenters. The third-order valence-corrected chi connectivity index (χ3v) is 1.66. The summed E-state index contributed by atoms with van der Waals surface area (Å²) in [5.41, 5.74) is 0.112. The van der Waals surface area contributed by atoms with Crippen molar-refractivity contribution in [3.8, 4) is 5.75 Å². The largest absolute Gasteiger partial charge is 0.573 e. The summed E-state index contributed by atoms with van der Waals surface area (Å²) in [6.07, 6.45) is -4.31. The van der Waals surface area contributed by atoms with Crippen molar-refractivity contribution in [2.75, 3.05) is 0 Å². The molecule has 0 aliphatic carbocycles. The second-order valence-corrected chi connectivity index (χ2v) is 2.76. The lowest BCUT2D eigenvalue weighted by atomic mass is 10.2. The highest BCUT2D eigenvalue weighted by Gasteiger charge is 2.31. The molecule has 0 radical (unpaired) electrons. The van der Waals surface area contributed by atoms with E-state index < -0.39 is 12.1 Å². The van der Waals surface area contributed by atoms with Crippen LogP contribution in [-0.2, 0) is 0 Å². The van der Waals surface area contributed by atoms with Crippen LogP contribution in [0.4, 0.5) is 13.2 Å². The molecule has 76 valence electrons. The molecule has 6 heteroatoms. The predicted octanol–water partition coefficient (Wildman–Crippen LogP) is 3.05. The minimum Gasteiger partial charge on any atom is -0.406 e. The highest BCUT2D eigenvalue weighted by Crippen LogP contribution is 2.26. The van der Waals surface area contributed by atoms with Crippen molar-refractivity contribution >= 4 is 17.9 Å². The van der Waals surface area contributed by atoms with E-state index in [1.165, 1.54) is 0 Å². The van der Waals surface area contributed by atoms with Crippen LogP contribution in [0.25, 0.3) is 0 Å². The number of ether oxygens (including phenoxy) is 1. The molecule has 0 aliphatic rings. The van der Waals surface area contributed by atoms with Gasteiger partial charge in [-0.2, -0.15) is 0 Å². The van der Waals surface area contributed by atoms with Crippen LogP contribution < -0.4 is 4.74 Å². The SMILES string of the molecule is O=Cc1ccc(OC(F)(F)F)cc1Cl. The Kier molecular flexibility index (Phi) is 3.00. The van der Waals surface area contributed by atoms with Gasteiger partial charge in [0.25, 0.3) is 0 Å². The van der Waals surface area contributed by atoms with E-state index in [0.29, 0.717) is 6.29 Å². The second kappa shape index (κ2) is 3.88. The minimum atomic E-state index is -4.76. The van der Waals surface area contributed by atoms with Gasteiger partial charge >= 0.3 is 6.36 Å². The first-order valence-corrected chi connectivity index (χ1v) is 3.80. The standard InChI is InChI=1S/C8H4ClF3O2/c9-7-3-6(14-8(10,11)12)2-1-5(7)4-13/h1-4H. The third-order valence-electron chi connectivity index (χ3n) is 1.33. The van der Waals surface area contributed by atoms with Gasteiger partial charge < -0.3 is 4.74 Å². The van der Waals surface area contributed by atoms with E-state index in [4.69, 9.17) is 11.6 Å². The molecule has 0 N–H and O–H groups in total. The first-order chi connectivity index (χ1) is 6.42. The van der Waals surface area contributed by atoms with Crippen LogP contribution >= 0.6 is 11.6 Å². The van der Waals surface area contributed by atoms with Crippen LogP contribution in [0, 0.1) is 0 Å². The van der Waals surface area contributed by atoms with Gasteiger partial charge in [-0.25, -0.2) is 0 Å². The van der Waals surface area contributed by atoms with Gasteiger partial charge in [0.1, 0.15) is 5.75 Å². The highest BCUT2D eigenvalue weighted by molar-refractivity contribution is 6.33. The van der Waals surface area contributed by atoms with Gasteiger partial charge in [-0.3, -0.25) is 4.79 Å².